The summed E-state index contributed by atoms with van der Waals surface area (Å²) in [6, 6.07) is 0.499. The second-order valence-corrected chi connectivity index (χ2v) is 7.23. The Hall–Kier alpha value is -0.920. The molecule has 0 aromatic carbocycles. The van der Waals surface area contributed by atoms with Gasteiger partial charge in [-0.1, -0.05) is 12.1 Å². The van der Waals surface area contributed by atoms with E-state index in [1.54, 1.807) is 18.2 Å². The molecule has 6 nitrogen and oxygen atoms in total. The van der Waals surface area contributed by atoms with Crippen molar-refractivity contribution < 1.29 is 12.9 Å². The van der Waals surface area contributed by atoms with Gasteiger partial charge in [0.1, 0.15) is 10.6 Å². The lowest BCUT2D eigenvalue weighted by Gasteiger charge is -2.37. The van der Waals surface area contributed by atoms with Crippen molar-refractivity contribution in [2.75, 3.05) is 26.2 Å². The molecule has 1 aromatic rings. The van der Waals surface area contributed by atoms with E-state index >= 15 is 0 Å². The van der Waals surface area contributed by atoms with Gasteiger partial charge in [-0.25, -0.2) is 8.42 Å². The molecule has 20 heavy (non-hydrogen) atoms. The summed E-state index contributed by atoms with van der Waals surface area (Å²) in [4.78, 5) is 2.56. The third kappa shape index (κ3) is 2.75. The van der Waals surface area contributed by atoms with Gasteiger partial charge in [-0.15, -0.1) is 0 Å². The molecule has 0 saturated carbocycles. The first-order chi connectivity index (χ1) is 9.37. The van der Waals surface area contributed by atoms with Gasteiger partial charge in [-0.2, -0.15) is 4.31 Å². The van der Waals surface area contributed by atoms with Crippen molar-refractivity contribution in [3.8, 4) is 0 Å². The summed E-state index contributed by atoms with van der Waals surface area (Å²) in [6.07, 6.45) is 1.08. The van der Waals surface area contributed by atoms with E-state index in [2.05, 4.69) is 23.9 Å². The van der Waals surface area contributed by atoms with Crippen LogP contribution in [0.3, 0.4) is 0 Å². The van der Waals surface area contributed by atoms with Crippen molar-refractivity contribution in [1.82, 2.24) is 14.4 Å². The molecule has 0 aliphatic carbocycles. The highest BCUT2D eigenvalue weighted by atomic mass is 32.2. The highest BCUT2D eigenvalue weighted by Gasteiger charge is 2.33. The maximum absolute atomic E-state index is 12.6. The van der Waals surface area contributed by atoms with Crippen LogP contribution < -0.4 is 0 Å². The van der Waals surface area contributed by atoms with Gasteiger partial charge in [-0.3, -0.25) is 4.90 Å². The van der Waals surface area contributed by atoms with Crippen molar-refractivity contribution in [3.05, 3.63) is 11.5 Å². The zero-order valence-corrected chi connectivity index (χ0v) is 13.4. The summed E-state index contributed by atoms with van der Waals surface area (Å²) in [7, 11) is -3.49. The number of sulfonamides is 1. The molecule has 1 saturated heterocycles. The van der Waals surface area contributed by atoms with Gasteiger partial charge in [0.25, 0.3) is 0 Å². The standard InChI is InChI=1S/C13H23N3O3S/c1-5-10(2)15-6-8-16(9-7-15)20(17,18)13-11(3)14-19-12(13)4/h10H,5-9H2,1-4H3. The van der Waals surface area contributed by atoms with E-state index in [1.807, 2.05) is 0 Å². The maximum Gasteiger partial charge on any atom is 0.248 e. The lowest BCUT2D eigenvalue weighted by atomic mass is 10.2. The molecule has 1 aliphatic heterocycles. The first kappa shape index (κ1) is 15.5. The van der Waals surface area contributed by atoms with Crippen molar-refractivity contribution in [2.45, 2.75) is 45.1 Å². The van der Waals surface area contributed by atoms with E-state index < -0.39 is 10.0 Å². The third-order valence-corrected chi connectivity index (χ3v) is 6.20. The maximum atomic E-state index is 12.6. The van der Waals surface area contributed by atoms with Gasteiger partial charge < -0.3 is 4.52 Å². The Labute approximate surface area is 120 Å². The van der Waals surface area contributed by atoms with E-state index in [1.165, 1.54) is 0 Å². The van der Waals surface area contributed by atoms with Gasteiger partial charge >= 0.3 is 0 Å². The monoisotopic (exact) mass is 301 g/mol. The molecule has 0 radical (unpaired) electrons. The molecule has 2 rings (SSSR count). The summed E-state index contributed by atoms with van der Waals surface area (Å²) in [5.41, 5.74) is 0.437. The van der Waals surface area contributed by atoms with Gasteiger partial charge in [-0.05, 0) is 27.2 Å². The van der Waals surface area contributed by atoms with Gasteiger partial charge in [0.15, 0.2) is 5.76 Å². The minimum absolute atomic E-state index is 0.231. The molecule has 1 atom stereocenters. The molecule has 1 unspecified atom stereocenters. The Morgan fingerprint density at radius 3 is 2.30 bits per heavy atom. The van der Waals surface area contributed by atoms with Crippen LogP contribution in [-0.4, -0.2) is 55.0 Å². The number of nitrogens with zero attached hydrogens (tertiary/aromatic N) is 3. The fraction of sp³-hybridized carbons (Fsp3) is 0.769. The average molecular weight is 301 g/mol. The number of hydrogen-bond acceptors (Lipinski definition) is 5. The van der Waals surface area contributed by atoms with Crippen molar-refractivity contribution in [2.24, 2.45) is 0 Å². The summed E-state index contributed by atoms with van der Waals surface area (Å²) < 4.78 is 31.8. The topological polar surface area (TPSA) is 66.7 Å². The summed E-state index contributed by atoms with van der Waals surface area (Å²) >= 11 is 0. The summed E-state index contributed by atoms with van der Waals surface area (Å²) in [5.74, 6) is 0.367. The molecule has 114 valence electrons. The molecule has 1 aliphatic rings. The molecular formula is C13H23N3O3S. The largest absolute Gasteiger partial charge is 0.360 e. The molecule has 0 N–H and O–H groups in total. The van der Waals surface area contributed by atoms with Crippen LogP contribution in [0.25, 0.3) is 0 Å². The third-order valence-electron chi connectivity index (χ3n) is 4.05. The van der Waals surface area contributed by atoms with Crippen molar-refractivity contribution >= 4 is 10.0 Å². The zero-order chi connectivity index (χ0) is 14.9. The van der Waals surface area contributed by atoms with Crippen LogP contribution in [0.2, 0.25) is 0 Å². The van der Waals surface area contributed by atoms with Crippen LogP contribution in [0.4, 0.5) is 0 Å². The average Bonchev–Trinajstić information content (AvgIpc) is 2.78. The van der Waals surface area contributed by atoms with Gasteiger partial charge in [0.2, 0.25) is 10.0 Å². The van der Waals surface area contributed by atoms with Crippen LogP contribution in [0.5, 0.6) is 0 Å². The SMILES string of the molecule is CCC(C)N1CCN(S(=O)(=O)c2c(C)noc2C)CC1. The second-order valence-electron chi connectivity index (χ2n) is 5.35. The van der Waals surface area contributed by atoms with E-state index in [4.69, 9.17) is 4.52 Å². The Morgan fingerprint density at radius 2 is 1.85 bits per heavy atom. The Morgan fingerprint density at radius 1 is 1.25 bits per heavy atom. The highest BCUT2D eigenvalue weighted by Crippen LogP contribution is 2.24. The van der Waals surface area contributed by atoms with E-state index in [0.29, 0.717) is 30.6 Å². The first-order valence-corrected chi connectivity index (χ1v) is 8.49. The Kier molecular flexibility index (Phi) is 4.51. The van der Waals surface area contributed by atoms with E-state index in [0.717, 1.165) is 19.5 Å². The van der Waals surface area contributed by atoms with Gasteiger partial charge in [0.05, 0.1) is 0 Å². The molecule has 1 aromatic heterocycles. The fourth-order valence-corrected chi connectivity index (χ4v) is 4.33. The van der Waals surface area contributed by atoms with E-state index in [9.17, 15) is 8.42 Å². The number of rotatable bonds is 4. The number of aromatic nitrogens is 1. The quantitative estimate of drug-likeness (QED) is 0.841. The molecule has 2 heterocycles. The van der Waals surface area contributed by atoms with E-state index in [-0.39, 0.29) is 4.90 Å². The lowest BCUT2D eigenvalue weighted by Crippen LogP contribution is -2.51. The molecule has 1 fully saturated rings. The van der Waals surface area contributed by atoms with Crippen LogP contribution >= 0.6 is 0 Å². The zero-order valence-electron chi connectivity index (χ0n) is 12.6. The molecule has 0 spiro atoms. The smallest absolute Gasteiger partial charge is 0.248 e. The predicted molar refractivity (Wildman–Crippen MR) is 76.1 cm³/mol. The lowest BCUT2D eigenvalue weighted by molar-refractivity contribution is 0.142. The first-order valence-electron chi connectivity index (χ1n) is 7.05. The number of aryl methyl sites for hydroxylation is 2. The fourth-order valence-electron chi connectivity index (χ4n) is 2.61. The predicted octanol–water partition coefficient (Wildman–Crippen LogP) is 1.40. The summed E-state index contributed by atoms with van der Waals surface area (Å²) in [6.45, 7) is 10.2. The summed E-state index contributed by atoms with van der Waals surface area (Å²) in [5, 5.41) is 3.74. The normalized spacial score (nSPS) is 20.2. The number of piperazine rings is 1. The molecule has 0 amide bonds. The minimum Gasteiger partial charge on any atom is -0.360 e. The molecule has 7 heteroatoms. The van der Waals surface area contributed by atoms with Crippen molar-refractivity contribution in [1.29, 1.82) is 0 Å². The van der Waals surface area contributed by atoms with Gasteiger partial charge in [0, 0.05) is 32.2 Å². The number of hydrogen-bond donors (Lipinski definition) is 0. The van der Waals surface area contributed by atoms with Crippen molar-refractivity contribution in [3.63, 3.8) is 0 Å². The van der Waals surface area contributed by atoms with Crippen LogP contribution in [0.1, 0.15) is 31.7 Å². The highest BCUT2D eigenvalue weighted by molar-refractivity contribution is 7.89. The molecular weight excluding hydrogens is 278 g/mol. The van der Waals surface area contributed by atoms with Crippen LogP contribution in [0.15, 0.2) is 9.42 Å². The molecule has 0 bridgehead atoms. The minimum atomic E-state index is -3.49. The van der Waals surface area contributed by atoms with Crippen LogP contribution in [0, 0.1) is 13.8 Å². The Balaban J connectivity index is 2.14. The Bertz CT molecular complexity index is 540. The van der Waals surface area contributed by atoms with Crippen LogP contribution in [-0.2, 0) is 10.0 Å². The second kappa shape index (κ2) is 5.83.